The van der Waals surface area contributed by atoms with Gasteiger partial charge < -0.3 is 9.84 Å². The molecular formula is C35H70O4. The summed E-state index contributed by atoms with van der Waals surface area (Å²) in [4.78, 5) is 22.3. The lowest BCUT2D eigenvalue weighted by atomic mass is 9.90. The summed E-state index contributed by atoms with van der Waals surface area (Å²) in [6, 6.07) is 0. The van der Waals surface area contributed by atoms with Crippen molar-refractivity contribution in [2.75, 3.05) is 0 Å². The third-order valence-electron chi connectivity index (χ3n) is 7.59. The first-order valence-corrected chi connectivity index (χ1v) is 17.2. The lowest BCUT2D eigenvalue weighted by Crippen LogP contribution is -2.19. The molecule has 0 heterocycles. The van der Waals surface area contributed by atoms with Gasteiger partial charge in [-0.25, -0.2) is 0 Å². The van der Waals surface area contributed by atoms with Crippen molar-refractivity contribution in [3.05, 3.63) is 0 Å². The van der Waals surface area contributed by atoms with Crippen LogP contribution in [0.1, 0.15) is 196 Å². The van der Waals surface area contributed by atoms with Gasteiger partial charge in [-0.15, -0.1) is 0 Å². The molecule has 0 aromatic carbocycles. The van der Waals surface area contributed by atoms with Crippen LogP contribution in [0.15, 0.2) is 0 Å². The molecule has 1 atom stereocenters. The maximum atomic E-state index is 11.3. The number of esters is 1. The van der Waals surface area contributed by atoms with Crippen molar-refractivity contribution >= 4 is 11.9 Å². The second-order valence-corrected chi connectivity index (χ2v) is 12.3. The highest BCUT2D eigenvalue weighted by Crippen LogP contribution is 2.20. The second-order valence-electron chi connectivity index (χ2n) is 12.3. The van der Waals surface area contributed by atoms with Crippen LogP contribution in [0.4, 0.5) is 0 Å². The zero-order chi connectivity index (χ0) is 29.6. The summed E-state index contributed by atoms with van der Waals surface area (Å²) in [6.07, 6.45) is 30.5. The van der Waals surface area contributed by atoms with Crippen molar-refractivity contribution in [2.24, 2.45) is 11.8 Å². The van der Waals surface area contributed by atoms with Gasteiger partial charge in [-0.3, -0.25) is 9.59 Å². The maximum absolute atomic E-state index is 11.3. The number of hydrogen-bond donors (Lipinski definition) is 1. The molecule has 0 saturated carbocycles. The predicted octanol–water partition coefficient (Wildman–Crippen LogP) is 11.7. The predicted molar refractivity (Wildman–Crippen MR) is 169 cm³/mol. The van der Waals surface area contributed by atoms with Crippen LogP contribution in [0.5, 0.6) is 0 Å². The molecule has 1 unspecified atom stereocenters. The largest absolute Gasteiger partial charge is 0.481 e. The van der Waals surface area contributed by atoms with Gasteiger partial charge in [-0.1, -0.05) is 163 Å². The summed E-state index contributed by atoms with van der Waals surface area (Å²) in [7, 11) is 0. The van der Waals surface area contributed by atoms with Crippen LogP contribution in [0.25, 0.3) is 0 Å². The summed E-state index contributed by atoms with van der Waals surface area (Å²) >= 11 is 0. The minimum atomic E-state index is -0.620. The molecule has 0 aromatic heterocycles. The molecular weight excluding hydrogens is 484 g/mol. The molecule has 0 fully saturated rings. The number of carboxylic acid groups (broad SMARTS) is 1. The number of carbonyl (C=O) groups excluding carboxylic acids is 1. The molecule has 0 rings (SSSR count). The molecule has 0 aliphatic carbocycles. The number of carbonyl (C=O) groups is 2. The lowest BCUT2D eigenvalue weighted by Gasteiger charge is -2.15. The third-order valence-corrected chi connectivity index (χ3v) is 7.59. The van der Waals surface area contributed by atoms with E-state index in [0.29, 0.717) is 6.42 Å². The molecule has 39 heavy (non-hydrogen) atoms. The summed E-state index contributed by atoms with van der Waals surface area (Å²) in [5.74, 6) is -0.539. The number of rotatable bonds is 27. The molecule has 234 valence electrons. The highest BCUT2D eigenvalue weighted by molar-refractivity contribution is 5.70. The number of hydrogen-bond acceptors (Lipinski definition) is 3. The zero-order valence-corrected chi connectivity index (χ0v) is 27.4. The van der Waals surface area contributed by atoms with Crippen LogP contribution in [-0.4, -0.2) is 23.1 Å². The fraction of sp³-hybridized carbons (Fsp3) is 0.943. The van der Waals surface area contributed by atoms with Crippen molar-refractivity contribution < 1.29 is 19.4 Å². The van der Waals surface area contributed by atoms with Gasteiger partial charge in [0, 0.05) is 6.42 Å². The molecule has 4 nitrogen and oxygen atoms in total. The molecule has 0 spiro atoms. The van der Waals surface area contributed by atoms with Gasteiger partial charge in [0.05, 0.1) is 12.0 Å². The number of unbranched alkanes of at least 4 members (excludes halogenated alkanes) is 20. The Balaban J connectivity index is 0. The standard InChI is InChI=1S/C18H36O2.C17H34O2/c1-4-5-6-7-8-9-10-11-12-13-14-15-16-18(19)20-17(2)3;1-4-5-6-7-8-9-10-11-12-13-14-16(15(2)3)17(18)19/h17H,4-16H2,1-3H3;15-16H,4-14H2,1-3H3,(H,18,19). The fourth-order valence-corrected chi connectivity index (χ4v) is 5.03. The maximum Gasteiger partial charge on any atom is 0.306 e. The fourth-order valence-electron chi connectivity index (χ4n) is 5.03. The first-order valence-electron chi connectivity index (χ1n) is 17.2. The second kappa shape index (κ2) is 31.5. The smallest absolute Gasteiger partial charge is 0.306 e. The van der Waals surface area contributed by atoms with E-state index < -0.39 is 5.97 Å². The third kappa shape index (κ3) is 33.0. The van der Waals surface area contributed by atoms with E-state index in [1.54, 1.807) is 0 Å². The van der Waals surface area contributed by atoms with Gasteiger partial charge in [-0.2, -0.15) is 0 Å². The van der Waals surface area contributed by atoms with Gasteiger partial charge in [0.15, 0.2) is 0 Å². The summed E-state index contributed by atoms with van der Waals surface area (Å²) < 4.78 is 5.11. The van der Waals surface area contributed by atoms with Gasteiger partial charge >= 0.3 is 11.9 Å². The van der Waals surface area contributed by atoms with Crippen LogP contribution in [0.2, 0.25) is 0 Å². The Morgan fingerprint density at radius 2 is 0.872 bits per heavy atom. The van der Waals surface area contributed by atoms with Crippen LogP contribution < -0.4 is 0 Å². The molecule has 0 aliphatic rings. The van der Waals surface area contributed by atoms with E-state index in [0.717, 1.165) is 19.3 Å². The molecule has 0 radical (unpaired) electrons. The van der Waals surface area contributed by atoms with Gasteiger partial charge in [0.1, 0.15) is 0 Å². The Labute approximate surface area is 244 Å². The molecule has 0 aromatic rings. The van der Waals surface area contributed by atoms with Crippen molar-refractivity contribution in [3.63, 3.8) is 0 Å². The van der Waals surface area contributed by atoms with Crippen molar-refractivity contribution in [1.82, 2.24) is 0 Å². The number of carboxylic acids is 1. The minimum absolute atomic E-state index is 0.0276. The average Bonchev–Trinajstić information content (AvgIpc) is 2.87. The van der Waals surface area contributed by atoms with Crippen LogP contribution >= 0.6 is 0 Å². The Hall–Kier alpha value is -1.06. The molecule has 0 amide bonds. The minimum Gasteiger partial charge on any atom is -0.481 e. The quantitative estimate of drug-likeness (QED) is 0.0810. The summed E-state index contributed by atoms with van der Waals surface area (Å²) in [5, 5.41) is 9.09. The molecule has 4 heteroatoms. The van der Waals surface area contributed by atoms with Crippen molar-refractivity contribution in [2.45, 2.75) is 202 Å². The Morgan fingerprint density at radius 3 is 1.18 bits per heavy atom. The first-order chi connectivity index (χ1) is 18.8. The van der Waals surface area contributed by atoms with Gasteiger partial charge in [0.25, 0.3) is 0 Å². The Kier molecular flexibility index (Phi) is 32.3. The summed E-state index contributed by atoms with van der Waals surface area (Å²) in [6.45, 7) is 12.3. The SMILES string of the molecule is CCCCCCCCCCCCC(C(=O)O)C(C)C.CCCCCCCCCCCCCCC(=O)OC(C)C. The number of ether oxygens (including phenoxy) is 1. The van der Waals surface area contributed by atoms with Crippen molar-refractivity contribution in [1.29, 1.82) is 0 Å². The zero-order valence-electron chi connectivity index (χ0n) is 27.4. The summed E-state index contributed by atoms with van der Waals surface area (Å²) in [5.41, 5.74) is 0. The van der Waals surface area contributed by atoms with E-state index in [-0.39, 0.29) is 23.9 Å². The van der Waals surface area contributed by atoms with E-state index in [4.69, 9.17) is 9.84 Å². The molecule has 0 bridgehead atoms. The van der Waals surface area contributed by atoms with E-state index >= 15 is 0 Å². The van der Waals surface area contributed by atoms with Crippen LogP contribution in [-0.2, 0) is 14.3 Å². The topological polar surface area (TPSA) is 63.6 Å². The van der Waals surface area contributed by atoms with E-state index in [1.165, 1.54) is 128 Å². The Bertz CT molecular complexity index is 515. The van der Waals surface area contributed by atoms with Crippen LogP contribution in [0.3, 0.4) is 0 Å². The monoisotopic (exact) mass is 555 g/mol. The Morgan fingerprint density at radius 1 is 0.538 bits per heavy atom. The van der Waals surface area contributed by atoms with E-state index in [2.05, 4.69) is 13.8 Å². The normalized spacial score (nSPS) is 11.9. The van der Waals surface area contributed by atoms with Crippen LogP contribution in [0, 0.1) is 11.8 Å². The number of aliphatic carboxylic acids is 1. The van der Waals surface area contributed by atoms with Gasteiger partial charge in [-0.05, 0) is 32.6 Å². The molecule has 0 aliphatic heterocycles. The highest BCUT2D eigenvalue weighted by atomic mass is 16.5. The van der Waals surface area contributed by atoms with E-state index in [9.17, 15) is 9.59 Å². The van der Waals surface area contributed by atoms with Gasteiger partial charge in [0.2, 0.25) is 0 Å². The van der Waals surface area contributed by atoms with Crippen molar-refractivity contribution in [3.8, 4) is 0 Å². The lowest BCUT2D eigenvalue weighted by molar-refractivity contribution is -0.147. The first kappa shape index (κ1) is 40.1. The molecule has 1 N–H and O–H groups in total. The molecule has 0 saturated heterocycles. The van der Waals surface area contributed by atoms with E-state index in [1.807, 2.05) is 27.7 Å². The highest BCUT2D eigenvalue weighted by Gasteiger charge is 2.20. The average molecular weight is 555 g/mol.